The molecule has 1 aromatic rings. The van der Waals surface area contributed by atoms with Gasteiger partial charge in [-0.3, -0.25) is 9.89 Å². The number of aromatic nitrogens is 1. The molecule has 7 heteroatoms. The second kappa shape index (κ2) is 9.77. The lowest BCUT2D eigenvalue weighted by Crippen LogP contribution is -2.53. The van der Waals surface area contributed by atoms with Crippen LogP contribution < -0.4 is 10.6 Å². The average molecular weight is 351 g/mol. The third-order valence-corrected chi connectivity index (χ3v) is 4.81. The summed E-state index contributed by atoms with van der Waals surface area (Å²) in [7, 11) is 1.80. The van der Waals surface area contributed by atoms with E-state index in [1.165, 1.54) is 0 Å². The third-order valence-electron chi connectivity index (χ3n) is 4.81. The molecule has 0 bridgehead atoms. The highest BCUT2D eigenvalue weighted by molar-refractivity contribution is 5.79. The molecule has 2 rings (SSSR count). The van der Waals surface area contributed by atoms with E-state index in [-0.39, 0.29) is 0 Å². The molecule has 142 valence electrons. The summed E-state index contributed by atoms with van der Waals surface area (Å²) >= 11 is 0. The van der Waals surface area contributed by atoms with Crippen LogP contribution in [0.4, 0.5) is 0 Å². The first-order valence-corrected chi connectivity index (χ1v) is 9.34. The Bertz CT molecular complexity index is 536. The number of rotatable bonds is 7. The molecule has 0 aliphatic carbocycles. The summed E-state index contributed by atoms with van der Waals surface area (Å²) in [5.74, 6) is 1.76. The van der Waals surface area contributed by atoms with Crippen LogP contribution in [0.25, 0.3) is 0 Å². The van der Waals surface area contributed by atoms with Crippen LogP contribution >= 0.6 is 0 Å². The summed E-state index contributed by atoms with van der Waals surface area (Å²) in [6.45, 7) is 12.8. The number of morpholine rings is 1. The summed E-state index contributed by atoms with van der Waals surface area (Å²) in [5.41, 5.74) is 2.18. The predicted molar refractivity (Wildman–Crippen MR) is 99.9 cm³/mol. The fourth-order valence-electron chi connectivity index (χ4n) is 3.29. The molecular weight excluding hydrogens is 318 g/mol. The summed E-state index contributed by atoms with van der Waals surface area (Å²) in [6, 6.07) is 0.877. The smallest absolute Gasteiger partial charge is 0.191 e. The van der Waals surface area contributed by atoms with E-state index in [9.17, 15) is 0 Å². The second-order valence-electron chi connectivity index (χ2n) is 6.56. The van der Waals surface area contributed by atoms with Crippen molar-refractivity contribution in [1.82, 2.24) is 20.7 Å². The normalized spacial score (nSPS) is 20.5. The van der Waals surface area contributed by atoms with E-state index in [0.717, 1.165) is 62.1 Å². The van der Waals surface area contributed by atoms with E-state index in [4.69, 9.17) is 9.26 Å². The number of ether oxygens (including phenoxy) is 1. The molecule has 0 saturated carbocycles. The maximum absolute atomic E-state index is 5.52. The van der Waals surface area contributed by atoms with Crippen molar-refractivity contribution in [2.24, 2.45) is 4.99 Å². The lowest BCUT2D eigenvalue weighted by Gasteiger charge is -2.38. The van der Waals surface area contributed by atoms with E-state index in [1.807, 2.05) is 0 Å². The maximum atomic E-state index is 5.52. The maximum Gasteiger partial charge on any atom is 0.191 e. The average Bonchev–Trinajstić information content (AvgIpc) is 3.04. The topological polar surface area (TPSA) is 74.9 Å². The molecule has 1 aromatic heterocycles. The van der Waals surface area contributed by atoms with Gasteiger partial charge in [0.25, 0.3) is 0 Å². The fourth-order valence-corrected chi connectivity index (χ4v) is 3.29. The first kappa shape index (κ1) is 19.7. The number of aliphatic imine (C=N–C) groups is 1. The van der Waals surface area contributed by atoms with Crippen molar-refractivity contribution in [1.29, 1.82) is 0 Å². The molecule has 2 unspecified atom stereocenters. The molecule has 7 nitrogen and oxygen atoms in total. The molecular formula is C18H33N5O2. The molecule has 2 heterocycles. The molecule has 2 N–H and O–H groups in total. The van der Waals surface area contributed by atoms with Crippen molar-refractivity contribution >= 4 is 5.96 Å². The van der Waals surface area contributed by atoms with Gasteiger partial charge in [-0.15, -0.1) is 0 Å². The van der Waals surface area contributed by atoms with Crippen molar-refractivity contribution in [3.8, 4) is 0 Å². The zero-order valence-corrected chi connectivity index (χ0v) is 16.3. The van der Waals surface area contributed by atoms with Gasteiger partial charge in [0.1, 0.15) is 5.76 Å². The van der Waals surface area contributed by atoms with Crippen LogP contribution in [0.15, 0.2) is 9.52 Å². The molecule has 1 aliphatic heterocycles. The minimum atomic E-state index is 0.422. The van der Waals surface area contributed by atoms with Gasteiger partial charge in [0.15, 0.2) is 5.96 Å². The molecule has 0 spiro atoms. The Morgan fingerprint density at radius 3 is 2.80 bits per heavy atom. The van der Waals surface area contributed by atoms with Crippen LogP contribution in [0.5, 0.6) is 0 Å². The van der Waals surface area contributed by atoms with Crippen LogP contribution in [0.3, 0.4) is 0 Å². The Kier molecular flexibility index (Phi) is 7.71. The van der Waals surface area contributed by atoms with Crippen LogP contribution in [0.1, 0.15) is 44.7 Å². The van der Waals surface area contributed by atoms with Gasteiger partial charge in [0, 0.05) is 50.7 Å². The lowest BCUT2D eigenvalue weighted by atomic mass is 10.1. The minimum Gasteiger partial charge on any atom is -0.379 e. The van der Waals surface area contributed by atoms with E-state index in [0.29, 0.717) is 18.6 Å². The molecule has 0 radical (unpaired) electrons. The first-order chi connectivity index (χ1) is 12.1. The fraction of sp³-hybridized carbons (Fsp3) is 0.778. The van der Waals surface area contributed by atoms with Gasteiger partial charge in [-0.25, -0.2) is 0 Å². The van der Waals surface area contributed by atoms with Crippen molar-refractivity contribution in [2.75, 3.05) is 33.4 Å². The van der Waals surface area contributed by atoms with Gasteiger partial charge in [-0.1, -0.05) is 19.0 Å². The highest BCUT2D eigenvalue weighted by Crippen LogP contribution is 2.15. The zero-order chi connectivity index (χ0) is 18.2. The molecule has 1 fully saturated rings. The van der Waals surface area contributed by atoms with Gasteiger partial charge in [0.2, 0.25) is 0 Å². The van der Waals surface area contributed by atoms with Gasteiger partial charge >= 0.3 is 0 Å². The quantitative estimate of drug-likeness (QED) is 0.574. The Morgan fingerprint density at radius 2 is 2.16 bits per heavy atom. The Labute approximate surface area is 151 Å². The Morgan fingerprint density at radius 1 is 1.36 bits per heavy atom. The Balaban J connectivity index is 1.86. The summed E-state index contributed by atoms with van der Waals surface area (Å²) < 4.78 is 10.9. The number of nitrogens with zero attached hydrogens (tertiary/aromatic N) is 3. The van der Waals surface area contributed by atoms with Gasteiger partial charge in [0.05, 0.1) is 18.9 Å². The first-order valence-electron chi connectivity index (χ1n) is 9.34. The number of hydrogen-bond acceptors (Lipinski definition) is 5. The molecule has 25 heavy (non-hydrogen) atoms. The number of guanidine groups is 1. The predicted octanol–water partition coefficient (Wildman–Crippen LogP) is 1.57. The minimum absolute atomic E-state index is 0.422. The largest absolute Gasteiger partial charge is 0.379 e. The summed E-state index contributed by atoms with van der Waals surface area (Å²) in [4.78, 5) is 6.82. The molecule has 0 aromatic carbocycles. The molecule has 0 amide bonds. The van der Waals surface area contributed by atoms with Gasteiger partial charge < -0.3 is 19.9 Å². The standard InChI is InChI=1S/C18H33N5O2/c1-6-16-15(17(7-2)25-22-16)11-21-18(19-5)20-10-13(3)23-8-9-24-12-14(23)4/h13-14H,6-12H2,1-5H3,(H2,19,20,21). The third kappa shape index (κ3) is 5.19. The van der Waals surface area contributed by atoms with Gasteiger partial charge in [-0.05, 0) is 20.3 Å². The van der Waals surface area contributed by atoms with Crippen LogP contribution in [-0.2, 0) is 24.1 Å². The molecule has 1 saturated heterocycles. The summed E-state index contributed by atoms with van der Waals surface area (Å²) in [5, 5.41) is 11.0. The van der Waals surface area contributed by atoms with E-state index >= 15 is 0 Å². The van der Waals surface area contributed by atoms with Crippen LogP contribution in [0, 0.1) is 0 Å². The summed E-state index contributed by atoms with van der Waals surface area (Å²) in [6.07, 6.45) is 1.72. The highest BCUT2D eigenvalue weighted by Gasteiger charge is 2.23. The molecule has 2 atom stereocenters. The number of nitrogens with one attached hydrogen (secondary N) is 2. The SMILES string of the molecule is CCc1noc(CC)c1CNC(=NC)NCC(C)N1CCOCC1C. The van der Waals surface area contributed by atoms with Gasteiger partial charge in [-0.2, -0.15) is 0 Å². The van der Waals surface area contributed by atoms with E-state index in [2.05, 4.69) is 53.4 Å². The number of aryl methyl sites for hydroxylation is 2. The van der Waals surface area contributed by atoms with Crippen molar-refractivity contribution in [2.45, 2.75) is 59.2 Å². The van der Waals surface area contributed by atoms with E-state index in [1.54, 1.807) is 7.05 Å². The van der Waals surface area contributed by atoms with Crippen LogP contribution in [-0.4, -0.2) is 61.5 Å². The Hall–Kier alpha value is -1.60. The number of hydrogen-bond donors (Lipinski definition) is 2. The second-order valence-corrected chi connectivity index (χ2v) is 6.56. The van der Waals surface area contributed by atoms with Crippen molar-refractivity contribution in [3.63, 3.8) is 0 Å². The van der Waals surface area contributed by atoms with Crippen molar-refractivity contribution in [3.05, 3.63) is 17.0 Å². The monoisotopic (exact) mass is 351 g/mol. The van der Waals surface area contributed by atoms with E-state index < -0.39 is 0 Å². The van der Waals surface area contributed by atoms with Crippen molar-refractivity contribution < 1.29 is 9.26 Å². The molecule has 1 aliphatic rings. The highest BCUT2D eigenvalue weighted by atomic mass is 16.5. The lowest BCUT2D eigenvalue weighted by molar-refractivity contribution is -0.0174. The zero-order valence-electron chi connectivity index (χ0n) is 16.3. The van der Waals surface area contributed by atoms with Crippen LogP contribution in [0.2, 0.25) is 0 Å².